The van der Waals surface area contributed by atoms with E-state index in [1.54, 1.807) is 0 Å². The number of rotatable bonds is 11. The molecule has 0 bridgehead atoms. The molecule has 8 heteroatoms. The average molecular weight is 698 g/mol. The van der Waals surface area contributed by atoms with Crippen LogP contribution in [0.5, 0.6) is 0 Å². The highest BCUT2D eigenvalue weighted by atomic mass is 35.5. The van der Waals surface area contributed by atoms with Gasteiger partial charge in [0.25, 0.3) is 0 Å². The summed E-state index contributed by atoms with van der Waals surface area (Å²) in [5, 5.41) is 7.21. The molecule has 3 atom stereocenters. The molecule has 0 aromatic heterocycles. The maximum atomic E-state index is 13.8. The molecule has 0 radical (unpaired) electrons. The van der Waals surface area contributed by atoms with Gasteiger partial charge in [-0.25, -0.2) is 0 Å². The largest absolute Gasteiger partial charge is 0.344 e. The Balaban J connectivity index is 0.000000743. The van der Waals surface area contributed by atoms with Crippen molar-refractivity contribution in [2.45, 2.75) is 125 Å². The molecule has 3 aliphatic rings. The zero-order chi connectivity index (χ0) is 36.2. The average Bonchev–Trinajstić information content (AvgIpc) is 3.56. The second-order valence-electron chi connectivity index (χ2n) is 13.2. The van der Waals surface area contributed by atoms with Crippen LogP contribution in [0.25, 0.3) is 0 Å². The molecule has 2 aromatic carbocycles. The summed E-state index contributed by atoms with van der Waals surface area (Å²) in [6.45, 7) is 21.0. The summed E-state index contributed by atoms with van der Waals surface area (Å²) in [7, 11) is 2.11. The smallest absolute Gasteiger partial charge is 0.245 e. The van der Waals surface area contributed by atoms with Crippen molar-refractivity contribution < 1.29 is 9.59 Å². The zero-order valence-electron chi connectivity index (χ0n) is 32.1. The molecule has 2 N–H and O–H groups in total. The molecular formula is C41H68ClN5O2. The summed E-state index contributed by atoms with van der Waals surface area (Å²) >= 11 is 6.10. The van der Waals surface area contributed by atoms with Crippen LogP contribution in [0.1, 0.15) is 116 Å². The Morgan fingerprint density at radius 2 is 1.53 bits per heavy atom. The van der Waals surface area contributed by atoms with Gasteiger partial charge in [-0.2, -0.15) is 0 Å². The van der Waals surface area contributed by atoms with Gasteiger partial charge in [0.05, 0.1) is 0 Å². The maximum absolute atomic E-state index is 13.8. The van der Waals surface area contributed by atoms with E-state index in [1.165, 1.54) is 49.7 Å². The van der Waals surface area contributed by atoms with Gasteiger partial charge >= 0.3 is 0 Å². The molecule has 1 saturated heterocycles. The van der Waals surface area contributed by atoms with E-state index in [4.69, 9.17) is 11.6 Å². The number of halogens is 1. The van der Waals surface area contributed by atoms with E-state index in [-0.39, 0.29) is 17.9 Å². The summed E-state index contributed by atoms with van der Waals surface area (Å²) in [4.78, 5) is 33.8. The van der Waals surface area contributed by atoms with Crippen molar-refractivity contribution in [3.05, 3.63) is 70.2 Å². The number of fused-ring (bicyclic) bond motifs is 1. The molecule has 2 aromatic rings. The SMILES string of the molecule is CC.CC.CC(CC1CCCCC1)N1CCN(C(=O)C(Cc2ccc(Cl)cc2)NC(=O)CC2NCc3ccccc32)CC1.CCN(C)CC. The van der Waals surface area contributed by atoms with Crippen LogP contribution in [0.2, 0.25) is 5.02 Å². The van der Waals surface area contributed by atoms with E-state index < -0.39 is 6.04 Å². The normalized spacial score (nSPS) is 18.8. The Morgan fingerprint density at radius 1 is 0.918 bits per heavy atom. The lowest BCUT2D eigenvalue weighted by atomic mass is 9.85. The van der Waals surface area contributed by atoms with Gasteiger partial charge in [-0.05, 0) is 68.2 Å². The Kier molecular flexibility index (Phi) is 20.8. The van der Waals surface area contributed by atoms with Crippen LogP contribution in [0.15, 0.2) is 48.5 Å². The maximum Gasteiger partial charge on any atom is 0.245 e. The fourth-order valence-electron chi connectivity index (χ4n) is 6.94. The van der Waals surface area contributed by atoms with Crippen molar-refractivity contribution in [2.75, 3.05) is 46.3 Å². The molecule has 2 amide bonds. The molecule has 49 heavy (non-hydrogen) atoms. The zero-order valence-corrected chi connectivity index (χ0v) is 32.8. The second-order valence-corrected chi connectivity index (χ2v) is 13.7. The lowest BCUT2D eigenvalue weighted by Gasteiger charge is -2.40. The minimum atomic E-state index is -0.596. The van der Waals surface area contributed by atoms with E-state index in [2.05, 4.69) is 60.4 Å². The Labute approximate surface area is 304 Å². The van der Waals surface area contributed by atoms with E-state index >= 15 is 0 Å². The fourth-order valence-corrected chi connectivity index (χ4v) is 7.06. The second kappa shape index (κ2) is 23.9. The molecule has 2 heterocycles. The fraction of sp³-hybridized carbons (Fsp3) is 0.659. The highest BCUT2D eigenvalue weighted by Crippen LogP contribution is 2.29. The van der Waals surface area contributed by atoms with Crippen molar-refractivity contribution in [1.29, 1.82) is 0 Å². The van der Waals surface area contributed by atoms with Crippen molar-refractivity contribution in [2.24, 2.45) is 5.92 Å². The molecule has 0 spiro atoms. The number of nitrogens with zero attached hydrogens (tertiary/aromatic N) is 3. The van der Waals surface area contributed by atoms with Crippen molar-refractivity contribution in [1.82, 2.24) is 25.3 Å². The van der Waals surface area contributed by atoms with E-state index in [1.807, 2.05) is 69.0 Å². The lowest BCUT2D eigenvalue weighted by molar-refractivity contribution is -0.138. The summed E-state index contributed by atoms with van der Waals surface area (Å²) in [5.41, 5.74) is 3.40. The first-order valence-corrected chi connectivity index (χ1v) is 19.7. The van der Waals surface area contributed by atoms with Gasteiger partial charge in [0.2, 0.25) is 11.8 Å². The standard InChI is InChI=1S/C32H43ClN4O2.C5H13N.2C2H6/c1-23(19-24-7-3-2-4-8-24)36-15-17-37(18-16-36)32(39)30(20-25-11-13-27(33)14-12-25)35-31(38)21-29-28-10-6-5-9-26(28)22-34-29;1-4-6(3)5-2;2*1-2/h5-6,9-14,23-24,29-30,34H,2-4,7-8,15-22H2,1H3,(H,35,38);4-5H2,1-3H3;2*1-2H3. The third-order valence-corrected chi connectivity index (χ3v) is 10.3. The molecule has 7 nitrogen and oxygen atoms in total. The van der Waals surface area contributed by atoms with E-state index in [0.717, 1.165) is 44.2 Å². The predicted octanol–water partition coefficient (Wildman–Crippen LogP) is 8.12. The lowest BCUT2D eigenvalue weighted by Crippen LogP contribution is -2.57. The third kappa shape index (κ3) is 14.4. The number of hydrogen-bond acceptors (Lipinski definition) is 5. The van der Waals surface area contributed by atoms with Gasteiger partial charge in [0, 0.05) is 62.7 Å². The van der Waals surface area contributed by atoms with Gasteiger partial charge in [-0.1, -0.05) is 122 Å². The quantitative estimate of drug-likeness (QED) is 0.248. The molecule has 5 rings (SSSR count). The number of carbonyl (C=O) groups excluding carboxylic acids is 2. The van der Waals surface area contributed by atoms with Gasteiger partial charge in [0.15, 0.2) is 0 Å². The van der Waals surface area contributed by atoms with Gasteiger partial charge in [-0.15, -0.1) is 0 Å². The van der Waals surface area contributed by atoms with Crippen molar-refractivity contribution >= 4 is 23.4 Å². The van der Waals surface area contributed by atoms with E-state index in [9.17, 15) is 9.59 Å². The van der Waals surface area contributed by atoms with Crippen LogP contribution in [-0.2, 0) is 22.6 Å². The van der Waals surface area contributed by atoms with Crippen LogP contribution in [-0.4, -0.2) is 84.9 Å². The van der Waals surface area contributed by atoms with Crippen LogP contribution < -0.4 is 10.6 Å². The van der Waals surface area contributed by atoms with Crippen LogP contribution in [0, 0.1) is 5.92 Å². The minimum absolute atomic E-state index is 0.0117. The minimum Gasteiger partial charge on any atom is -0.344 e. The number of carbonyl (C=O) groups is 2. The van der Waals surface area contributed by atoms with E-state index in [0.29, 0.717) is 37.0 Å². The summed E-state index contributed by atoms with van der Waals surface area (Å²) in [6.07, 6.45) is 8.93. The molecule has 3 unspecified atom stereocenters. The van der Waals surface area contributed by atoms with Crippen molar-refractivity contribution in [3.8, 4) is 0 Å². The number of benzene rings is 2. The number of piperazine rings is 1. The molecule has 1 saturated carbocycles. The first kappa shape index (κ1) is 42.7. The van der Waals surface area contributed by atoms with Crippen LogP contribution in [0.3, 0.4) is 0 Å². The summed E-state index contributed by atoms with van der Waals surface area (Å²) < 4.78 is 0. The van der Waals surface area contributed by atoms with Crippen LogP contribution in [0.4, 0.5) is 0 Å². The summed E-state index contributed by atoms with van der Waals surface area (Å²) in [6, 6.07) is 15.7. The topological polar surface area (TPSA) is 67.9 Å². The van der Waals surface area contributed by atoms with Crippen LogP contribution >= 0.6 is 11.6 Å². The molecule has 1 aliphatic carbocycles. The Morgan fingerprint density at radius 3 is 2.12 bits per heavy atom. The van der Waals surface area contributed by atoms with Gasteiger partial charge < -0.3 is 20.4 Å². The Hall–Kier alpha value is -2.45. The first-order chi connectivity index (χ1) is 23.8. The number of nitrogens with one attached hydrogen (secondary N) is 2. The Bertz CT molecular complexity index is 1190. The highest BCUT2D eigenvalue weighted by molar-refractivity contribution is 6.30. The third-order valence-electron chi connectivity index (χ3n) is 10.1. The highest BCUT2D eigenvalue weighted by Gasteiger charge is 2.32. The summed E-state index contributed by atoms with van der Waals surface area (Å²) in [5.74, 6) is 0.766. The van der Waals surface area contributed by atoms with Gasteiger partial charge in [0.1, 0.15) is 6.04 Å². The molecule has 276 valence electrons. The predicted molar refractivity (Wildman–Crippen MR) is 208 cm³/mol. The van der Waals surface area contributed by atoms with Gasteiger partial charge in [-0.3, -0.25) is 14.5 Å². The van der Waals surface area contributed by atoms with Crippen molar-refractivity contribution in [3.63, 3.8) is 0 Å². The first-order valence-electron chi connectivity index (χ1n) is 19.3. The molecule has 2 aliphatic heterocycles. The number of amides is 2. The molecule has 2 fully saturated rings. The number of hydrogen-bond donors (Lipinski definition) is 2. The molecular weight excluding hydrogens is 630 g/mol. The monoisotopic (exact) mass is 698 g/mol.